The van der Waals surface area contributed by atoms with Crippen molar-refractivity contribution in [2.45, 2.75) is 46.1 Å². The molecule has 1 aliphatic rings. The minimum absolute atomic E-state index is 0.702. The van der Waals surface area contributed by atoms with Gasteiger partial charge in [-0.3, -0.25) is 0 Å². The lowest BCUT2D eigenvalue weighted by atomic mass is 10.3. The second-order valence-electron chi connectivity index (χ2n) is 4.64. The molecule has 1 fully saturated rings. The number of rotatable bonds is 6. The van der Waals surface area contributed by atoms with E-state index in [4.69, 9.17) is 0 Å². The summed E-state index contributed by atoms with van der Waals surface area (Å²) in [6, 6.07) is 2.78. The molecule has 0 spiro atoms. The molecule has 0 atom stereocenters. The molecule has 4 heteroatoms. The predicted octanol–water partition coefficient (Wildman–Crippen LogP) is 2.60. The molecular weight excluding hydrogens is 212 g/mol. The van der Waals surface area contributed by atoms with E-state index >= 15 is 0 Å². The maximum absolute atomic E-state index is 4.61. The number of aryl methyl sites for hydroxylation is 1. The van der Waals surface area contributed by atoms with E-state index in [1.54, 1.807) is 0 Å². The molecule has 0 aliphatic heterocycles. The van der Waals surface area contributed by atoms with E-state index in [0.717, 1.165) is 37.0 Å². The van der Waals surface area contributed by atoms with Crippen LogP contribution in [-0.2, 0) is 0 Å². The molecule has 0 radical (unpaired) electrons. The van der Waals surface area contributed by atoms with E-state index in [1.165, 1.54) is 12.8 Å². The van der Waals surface area contributed by atoms with Crippen LogP contribution in [0.15, 0.2) is 6.07 Å². The van der Waals surface area contributed by atoms with E-state index in [1.807, 2.05) is 6.92 Å². The zero-order chi connectivity index (χ0) is 12.3. The molecule has 0 bridgehead atoms. The summed E-state index contributed by atoms with van der Waals surface area (Å²) in [4.78, 5) is 11.4. The molecule has 1 aromatic rings. The summed E-state index contributed by atoms with van der Waals surface area (Å²) in [5.41, 5.74) is 1.03. The van der Waals surface area contributed by atoms with Crippen molar-refractivity contribution in [3.05, 3.63) is 11.8 Å². The summed E-state index contributed by atoms with van der Waals surface area (Å²) in [6.45, 7) is 8.32. The molecule has 1 saturated carbocycles. The Hall–Kier alpha value is -1.32. The molecule has 0 unspecified atom stereocenters. The molecule has 0 aromatic carbocycles. The van der Waals surface area contributed by atoms with Gasteiger partial charge >= 0.3 is 0 Å². The van der Waals surface area contributed by atoms with Gasteiger partial charge in [-0.05, 0) is 33.1 Å². The Balaban J connectivity index is 2.17. The first-order valence-corrected chi connectivity index (χ1v) is 6.60. The zero-order valence-corrected chi connectivity index (χ0v) is 11.0. The van der Waals surface area contributed by atoms with Gasteiger partial charge < -0.3 is 10.2 Å². The zero-order valence-electron chi connectivity index (χ0n) is 11.0. The number of anilines is 2. The van der Waals surface area contributed by atoms with Crippen molar-refractivity contribution in [3.8, 4) is 0 Å². The van der Waals surface area contributed by atoms with Gasteiger partial charge in [0.05, 0.1) is 0 Å². The van der Waals surface area contributed by atoms with Crippen molar-refractivity contribution >= 4 is 11.8 Å². The highest BCUT2D eigenvalue weighted by molar-refractivity contribution is 5.46. The molecule has 0 amide bonds. The average molecular weight is 234 g/mol. The van der Waals surface area contributed by atoms with Gasteiger partial charge in [0, 0.05) is 30.9 Å². The summed E-state index contributed by atoms with van der Waals surface area (Å²) in [6.07, 6.45) is 3.69. The highest BCUT2D eigenvalue weighted by Crippen LogP contribution is 2.30. The first-order valence-electron chi connectivity index (χ1n) is 6.60. The molecule has 0 saturated heterocycles. The summed E-state index contributed by atoms with van der Waals surface area (Å²) < 4.78 is 0. The lowest BCUT2D eigenvalue weighted by molar-refractivity contribution is 0.802. The second kappa shape index (κ2) is 5.34. The smallest absolute Gasteiger partial charge is 0.224 e. The van der Waals surface area contributed by atoms with Gasteiger partial charge in [-0.25, -0.2) is 4.98 Å². The van der Waals surface area contributed by atoms with Crippen LogP contribution in [0.1, 0.15) is 38.8 Å². The topological polar surface area (TPSA) is 41.1 Å². The number of nitrogens with zero attached hydrogens (tertiary/aromatic N) is 3. The minimum atomic E-state index is 0.702. The summed E-state index contributed by atoms with van der Waals surface area (Å²) in [5, 5.41) is 3.26. The Bertz CT molecular complexity index is 374. The van der Waals surface area contributed by atoms with Crippen LogP contribution in [0.2, 0.25) is 0 Å². The molecule has 2 rings (SSSR count). The van der Waals surface area contributed by atoms with Gasteiger partial charge in [0.2, 0.25) is 5.95 Å². The van der Waals surface area contributed by atoms with Crippen LogP contribution in [0.4, 0.5) is 11.8 Å². The normalized spacial score (nSPS) is 14.8. The van der Waals surface area contributed by atoms with Crippen molar-refractivity contribution in [1.82, 2.24) is 9.97 Å². The predicted molar refractivity (Wildman–Crippen MR) is 71.6 cm³/mol. The van der Waals surface area contributed by atoms with Crippen LogP contribution in [0.3, 0.4) is 0 Å². The Kier molecular flexibility index (Phi) is 3.82. The third kappa shape index (κ3) is 3.08. The van der Waals surface area contributed by atoms with Crippen LogP contribution in [0, 0.1) is 6.92 Å². The standard InChI is InChI=1S/C13H22N4/c1-4-8-14-13-15-10(3)9-12(16-13)17(5-2)11-6-7-11/h9,11H,4-8H2,1-3H3,(H,14,15,16). The lowest BCUT2D eigenvalue weighted by Crippen LogP contribution is -2.26. The quantitative estimate of drug-likeness (QED) is 0.821. The monoisotopic (exact) mass is 234 g/mol. The van der Waals surface area contributed by atoms with Crippen molar-refractivity contribution in [1.29, 1.82) is 0 Å². The first-order chi connectivity index (χ1) is 8.24. The number of aromatic nitrogens is 2. The van der Waals surface area contributed by atoms with Crippen molar-refractivity contribution in [2.75, 3.05) is 23.3 Å². The van der Waals surface area contributed by atoms with Gasteiger partial charge in [-0.1, -0.05) is 6.92 Å². The van der Waals surface area contributed by atoms with Crippen molar-refractivity contribution in [2.24, 2.45) is 0 Å². The third-order valence-corrected chi connectivity index (χ3v) is 3.00. The fourth-order valence-electron chi connectivity index (χ4n) is 2.01. The second-order valence-corrected chi connectivity index (χ2v) is 4.64. The van der Waals surface area contributed by atoms with Gasteiger partial charge in [0.25, 0.3) is 0 Å². The number of hydrogen-bond donors (Lipinski definition) is 1. The van der Waals surface area contributed by atoms with Crippen LogP contribution in [-0.4, -0.2) is 29.1 Å². The van der Waals surface area contributed by atoms with Gasteiger partial charge in [0.1, 0.15) is 5.82 Å². The Morgan fingerprint density at radius 2 is 2.12 bits per heavy atom. The third-order valence-electron chi connectivity index (χ3n) is 3.00. The fraction of sp³-hybridized carbons (Fsp3) is 0.692. The van der Waals surface area contributed by atoms with Gasteiger partial charge in [-0.15, -0.1) is 0 Å². The Morgan fingerprint density at radius 1 is 1.35 bits per heavy atom. The highest BCUT2D eigenvalue weighted by atomic mass is 15.3. The SMILES string of the molecule is CCCNc1nc(C)cc(N(CC)C2CC2)n1. The number of hydrogen-bond acceptors (Lipinski definition) is 4. The summed E-state index contributed by atoms with van der Waals surface area (Å²) in [7, 11) is 0. The Morgan fingerprint density at radius 3 is 2.71 bits per heavy atom. The average Bonchev–Trinajstić information content (AvgIpc) is 3.11. The molecule has 1 aromatic heterocycles. The largest absolute Gasteiger partial charge is 0.354 e. The molecule has 1 N–H and O–H groups in total. The van der Waals surface area contributed by atoms with Crippen molar-refractivity contribution in [3.63, 3.8) is 0 Å². The van der Waals surface area contributed by atoms with Crippen LogP contribution in [0.25, 0.3) is 0 Å². The minimum Gasteiger partial charge on any atom is -0.354 e. The van der Waals surface area contributed by atoms with Gasteiger partial charge in [0.15, 0.2) is 0 Å². The van der Waals surface area contributed by atoms with Crippen LogP contribution in [0.5, 0.6) is 0 Å². The van der Waals surface area contributed by atoms with Crippen LogP contribution >= 0.6 is 0 Å². The van der Waals surface area contributed by atoms with Gasteiger partial charge in [-0.2, -0.15) is 4.98 Å². The molecule has 1 aliphatic carbocycles. The van der Waals surface area contributed by atoms with E-state index in [2.05, 4.69) is 40.1 Å². The van der Waals surface area contributed by atoms with E-state index in [9.17, 15) is 0 Å². The first kappa shape index (κ1) is 12.1. The van der Waals surface area contributed by atoms with Crippen molar-refractivity contribution < 1.29 is 0 Å². The van der Waals surface area contributed by atoms with Crippen LogP contribution < -0.4 is 10.2 Å². The summed E-state index contributed by atoms with van der Waals surface area (Å²) in [5.74, 6) is 1.84. The molecule has 1 heterocycles. The summed E-state index contributed by atoms with van der Waals surface area (Å²) >= 11 is 0. The van der Waals surface area contributed by atoms with E-state index in [0.29, 0.717) is 6.04 Å². The van der Waals surface area contributed by atoms with E-state index in [-0.39, 0.29) is 0 Å². The number of nitrogens with one attached hydrogen (secondary N) is 1. The van der Waals surface area contributed by atoms with E-state index < -0.39 is 0 Å². The maximum Gasteiger partial charge on any atom is 0.224 e. The maximum atomic E-state index is 4.61. The highest BCUT2D eigenvalue weighted by Gasteiger charge is 2.29. The molecule has 17 heavy (non-hydrogen) atoms. The molecular formula is C13H22N4. The Labute approximate surface area is 103 Å². The molecule has 4 nitrogen and oxygen atoms in total. The molecule has 94 valence electrons. The fourth-order valence-corrected chi connectivity index (χ4v) is 2.01. The lowest BCUT2D eigenvalue weighted by Gasteiger charge is -2.22.